The van der Waals surface area contributed by atoms with Crippen molar-refractivity contribution in [3.63, 3.8) is 0 Å². The van der Waals surface area contributed by atoms with Crippen molar-refractivity contribution < 1.29 is 13.9 Å². The largest absolute Gasteiger partial charge is 0.464 e. The Hall–Kier alpha value is -3.25. The predicted octanol–water partition coefficient (Wildman–Crippen LogP) is 6.21. The second kappa shape index (κ2) is 8.94. The van der Waals surface area contributed by atoms with Gasteiger partial charge >= 0.3 is 0 Å². The van der Waals surface area contributed by atoms with E-state index in [-0.39, 0.29) is 12.0 Å². The zero-order valence-corrected chi connectivity index (χ0v) is 19.1. The Morgan fingerprint density at radius 3 is 2.85 bits per heavy atom. The van der Waals surface area contributed by atoms with E-state index in [0.717, 1.165) is 28.6 Å². The predicted molar refractivity (Wildman–Crippen MR) is 129 cm³/mol. The minimum atomic E-state index is -0.333. The van der Waals surface area contributed by atoms with E-state index >= 15 is 0 Å². The van der Waals surface area contributed by atoms with Crippen LogP contribution < -0.4 is 5.73 Å². The Morgan fingerprint density at radius 1 is 1.30 bits per heavy atom. The van der Waals surface area contributed by atoms with Crippen molar-refractivity contribution >= 4 is 34.7 Å². The molecular weight excluding hydrogens is 438 g/mol. The summed E-state index contributed by atoms with van der Waals surface area (Å²) < 4.78 is 11.6. The lowest BCUT2D eigenvalue weighted by atomic mass is 9.89. The van der Waals surface area contributed by atoms with Gasteiger partial charge in [-0.05, 0) is 49.1 Å². The molecule has 0 amide bonds. The van der Waals surface area contributed by atoms with Gasteiger partial charge in [0.1, 0.15) is 11.7 Å². The van der Waals surface area contributed by atoms with Crippen LogP contribution in [0.15, 0.2) is 53.2 Å². The summed E-state index contributed by atoms with van der Waals surface area (Å²) in [4.78, 5) is 19.3. The highest BCUT2D eigenvalue weighted by atomic mass is 35.5. The number of nitrogen functional groups attached to an aromatic ring is 1. The van der Waals surface area contributed by atoms with Crippen molar-refractivity contribution in [2.24, 2.45) is 0 Å². The van der Waals surface area contributed by atoms with Gasteiger partial charge in [-0.3, -0.25) is 4.79 Å². The fourth-order valence-corrected chi connectivity index (χ4v) is 4.94. The average Bonchev–Trinajstić information content (AvgIpc) is 3.47. The number of imidazole rings is 1. The molecule has 1 aliphatic rings. The summed E-state index contributed by atoms with van der Waals surface area (Å²) in [6.45, 7) is 2.64. The maximum atomic E-state index is 11.4. The maximum Gasteiger partial charge on any atom is 0.293 e. The Morgan fingerprint density at radius 2 is 2.12 bits per heavy atom. The number of aromatic nitrogens is 2. The number of nitrogens with two attached hydrogens (primary N) is 1. The Bertz CT molecular complexity index is 1290. The SMILES string of the molecule is CCC(c1nc[nH]c1C1CC1)C(Cc1ccc2oc(-c3ccccc3N)c(Cl)c2c1)OC=O. The van der Waals surface area contributed by atoms with Crippen LogP contribution in [0.5, 0.6) is 0 Å². The quantitative estimate of drug-likeness (QED) is 0.227. The van der Waals surface area contributed by atoms with Gasteiger partial charge in [-0.15, -0.1) is 0 Å². The van der Waals surface area contributed by atoms with Crippen molar-refractivity contribution in [2.75, 3.05) is 5.73 Å². The first-order chi connectivity index (χ1) is 16.1. The van der Waals surface area contributed by atoms with Crippen LogP contribution >= 0.6 is 11.6 Å². The molecule has 3 N–H and O–H groups in total. The minimum Gasteiger partial charge on any atom is -0.464 e. The second-order valence-electron chi connectivity index (χ2n) is 8.63. The van der Waals surface area contributed by atoms with Crippen molar-refractivity contribution in [3.8, 4) is 11.3 Å². The number of carbonyl (C=O) groups excluding carboxylic acids is 1. The van der Waals surface area contributed by atoms with Crippen LogP contribution in [0.25, 0.3) is 22.3 Å². The van der Waals surface area contributed by atoms with Crippen LogP contribution in [-0.4, -0.2) is 22.5 Å². The normalized spacial score (nSPS) is 15.5. The van der Waals surface area contributed by atoms with Gasteiger partial charge in [-0.25, -0.2) is 4.98 Å². The van der Waals surface area contributed by atoms with E-state index in [9.17, 15) is 4.79 Å². The lowest BCUT2D eigenvalue weighted by Gasteiger charge is -2.24. The fourth-order valence-electron chi connectivity index (χ4n) is 4.65. The molecule has 7 heteroatoms. The number of rotatable bonds is 9. The zero-order chi connectivity index (χ0) is 22.9. The number of hydrogen-bond donors (Lipinski definition) is 2. The number of anilines is 1. The van der Waals surface area contributed by atoms with E-state index in [2.05, 4.69) is 16.9 Å². The Balaban J connectivity index is 1.47. The van der Waals surface area contributed by atoms with E-state index in [4.69, 9.17) is 26.5 Å². The summed E-state index contributed by atoms with van der Waals surface area (Å²) in [5.41, 5.74) is 11.4. The van der Waals surface area contributed by atoms with Gasteiger partial charge in [0.15, 0.2) is 5.76 Å². The molecule has 5 rings (SSSR count). The molecule has 2 unspecified atom stereocenters. The molecule has 0 spiro atoms. The van der Waals surface area contributed by atoms with Crippen LogP contribution in [0.1, 0.15) is 55.0 Å². The lowest BCUT2D eigenvalue weighted by Crippen LogP contribution is -2.25. The molecule has 33 heavy (non-hydrogen) atoms. The topological polar surface area (TPSA) is 94.1 Å². The highest BCUT2D eigenvalue weighted by molar-refractivity contribution is 6.38. The zero-order valence-electron chi connectivity index (χ0n) is 18.4. The molecule has 2 atom stereocenters. The molecule has 0 aliphatic heterocycles. The highest BCUT2D eigenvalue weighted by Gasteiger charge is 2.34. The number of nitrogens with one attached hydrogen (secondary N) is 1. The Labute approximate surface area is 197 Å². The molecule has 2 aromatic heterocycles. The number of benzene rings is 2. The van der Waals surface area contributed by atoms with E-state index in [1.54, 1.807) is 6.33 Å². The average molecular weight is 464 g/mol. The second-order valence-corrected chi connectivity index (χ2v) is 9.01. The monoisotopic (exact) mass is 463 g/mol. The summed E-state index contributed by atoms with van der Waals surface area (Å²) >= 11 is 6.72. The number of ether oxygens (including phenoxy) is 1. The summed E-state index contributed by atoms with van der Waals surface area (Å²) in [5.74, 6) is 1.10. The van der Waals surface area contributed by atoms with E-state index in [0.29, 0.717) is 40.9 Å². The number of H-pyrrole nitrogens is 1. The van der Waals surface area contributed by atoms with Crippen LogP contribution in [0.2, 0.25) is 5.02 Å². The molecule has 0 radical (unpaired) electrons. The molecule has 0 bridgehead atoms. The molecular formula is C26H26ClN3O3. The molecule has 2 heterocycles. The van der Waals surface area contributed by atoms with Crippen molar-refractivity contribution in [1.29, 1.82) is 0 Å². The number of aromatic amines is 1. The van der Waals surface area contributed by atoms with Crippen LogP contribution in [0, 0.1) is 0 Å². The van der Waals surface area contributed by atoms with Gasteiger partial charge < -0.3 is 19.9 Å². The molecule has 1 aliphatic carbocycles. The Kier molecular flexibility index (Phi) is 5.85. The molecule has 1 fully saturated rings. The van der Waals surface area contributed by atoms with Gasteiger partial charge in [0, 0.05) is 40.6 Å². The maximum absolute atomic E-state index is 11.4. The third-order valence-electron chi connectivity index (χ3n) is 6.49. The number of nitrogens with zero attached hydrogens (tertiary/aromatic N) is 1. The molecule has 2 aromatic carbocycles. The standard InChI is InChI=1S/C26H26ClN3O3/c1-2-17(25-24(16-8-9-16)29-13-30-25)22(32-14-31)12-15-7-10-21-19(11-15)23(27)26(33-21)18-5-3-4-6-20(18)28/h3-7,10-11,13-14,16-17,22H,2,8-9,12,28H2,1H3,(H,29,30). The fraction of sp³-hybridized carbons (Fsp3) is 0.308. The molecule has 4 aromatic rings. The third-order valence-corrected chi connectivity index (χ3v) is 6.86. The number of carbonyl (C=O) groups is 1. The van der Waals surface area contributed by atoms with Crippen LogP contribution in [0.3, 0.4) is 0 Å². The van der Waals surface area contributed by atoms with Crippen LogP contribution in [-0.2, 0) is 16.0 Å². The summed E-state index contributed by atoms with van der Waals surface area (Å²) in [6.07, 6.45) is 5.13. The first-order valence-corrected chi connectivity index (χ1v) is 11.7. The molecule has 170 valence electrons. The van der Waals surface area contributed by atoms with Gasteiger partial charge in [0.05, 0.1) is 17.0 Å². The summed E-state index contributed by atoms with van der Waals surface area (Å²) in [7, 11) is 0. The van der Waals surface area contributed by atoms with E-state index in [1.807, 2.05) is 42.5 Å². The van der Waals surface area contributed by atoms with Gasteiger partial charge in [0.2, 0.25) is 0 Å². The highest BCUT2D eigenvalue weighted by Crippen LogP contribution is 2.44. The van der Waals surface area contributed by atoms with E-state index in [1.165, 1.54) is 18.5 Å². The number of hydrogen-bond acceptors (Lipinski definition) is 5. The number of furan rings is 1. The summed E-state index contributed by atoms with van der Waals surface area (Å²) in [5, 5.41) is 1.33. The van der Waals surface area contributed by atoms with Crippen molar-refractivity contribution in [3.05, 3.63) is 70.8 Å². The molecule has 0 saturated heterocycles. The van der Waals surface area contributed by atoms with Gasteiger partial charge in [0.25, 0.3) is 6.47 Å². The summed E-state index contributed by atoms with van der Waals surface area (Å²) in [6, 6.07) is 13.4. The van der Waals surface area contributed by atoms with Crippen molar-refractivity contribution in [1.82, 2.24) is 9.97 Å². The molecule has 6 nitrogen and oxygen atoms in total. The molecule has 1 saturated carbocycles. The first-order valence-electron chi connectivity index (χ1n) is 11.3. The first kappa shape index (κ1) is 21.6. The third kappa shape index (κ3) is 4.11. The van der Waals surface area contributed by atoms with Gasteiger partial charge in [-0.1, -0.05) is 36.7 Å². The van der Waals surface area contributed by atoms with Gasteiger partial charge in [-0.2, -0.15) is 0 Å². The number of fused-ring (bicyclic) bond motifs is 1. The van der Waals surface area contributed by atoms with Crippen molar-refractivity contribution in [2.45, 2.75) is 50.5 Å². The van der Waals surface area contributed by atoms with E-state index < -0.39 is 0 Å². The smallest absolute Gasteiger partial charge is 0.293 e. The number of para-hydroxylation sites is 1. The number of halogens is 1. The minimum absolute atomic E-state index is 0.00671. The van der Waals surface area contributed by atoms with Crippen LogP contribution in [0.4, 0.5) is 5.69 Å². The lowest BCUT2D eigenvalue weighted by molar-refractivity contribution is -0.134.